The smallest absolute Gasteiger partial charge is 0.326 e. The molecule has 0 fully saturated rings. The monoisotopic (exact) mass is 360 g/mol. The fraction of sp³-hybridized carbons (Fsp3) is 0.429. The first-order valence-corrected chi connectivity index (χ1v) is 6.96. The number of hydrogen-bond donors (Lipinski definition) is 0. The van der Waals surface area contributed by atoms with Crippen molar-refractivity contribution in [2.45, 2.75) is 31.3 Å². The first-order valence-electron chi connectivity index (χ1n) is 5.71. The third kappa shape index (κ3) is 4.40. The Morgan fingerprint density at radius 2 is 1.78 bits per heavy atom. The predicted molar refractivity (Wildman–Crippen MR) is 78.5 cm³/mol. The molecule has 0 aromatic heterocycles. The van der Waals surface area contributed by atoms with Crippen molar-refractivity contribution in [2.75, 3.05) is 0 Å². The van der Waals surface area contributed by atoms with Gasteiger partial charge in [-0.2, -0.15) is 0 Å². The maximum atomic E-state index is 11.9. The van der Waals surface area contributed by atoms with Crippen LogP contribution in [0.1, 0.15) is 26.3 Å². The van der Waals surface area contributed by atoms with Crippen molar-refractivity contribution in [3.05, 3.63) is 35.9 Å². The van der Waals surface area contributed by atoms with Crippen molar-refractivity contribution in [3.8, 4) is 0 Å². The molecule has 0 spiro atoms. The van der Waals surface area contributed by atoms with E-state index in [1.54, 1.807) is 20.8 Å². The molecule has 98 valence electrons. The Labute approximate surface area is 121 Å². The second kappa shape index (κ2) is 6.31. The van der Waals surface area contributed by atoms with Gasteiger partial charge < -0.3 is 4.74 Å². The highest BCUT2D eigenvalue weighted by atomic mass is 127. The molecule has 0 saturated heterocycles. The van der Waals surface area contributed by atoms with E-state index >= 15 is 0 Å². The SMILES string of the molecule is CC(C)(C)C(=O)C(I)C(=O)OCc1ccccc1. The van der Waals surface area contributed by atoms with Crippen LogP contribution < -0.4 is 0 Å². The second-order valence-electron chi connectivity index (χ2n) is 5.07. The normalized spacial score (nSPS) is 12.9. The van der Waals surface area contributed by atoms with E-state index in [0.29, 0.717) is 0 Å². The summed E-state index contributed by atoms with van der Waals surface area (Å²) in [5, 5.41) is 0. The summed E-state index contributed by atoms with van der Waals surface area (Å²) in [5.41, 5.74) is 0.384. The zero-order chi connectivity index (χ0) is 13.8. The van der Waals surface area contributed by atoms with Crippen molar-refractivity contribution >= 4 is 34.3 Å². The fourth-order valence-electron chi connectivity index (χ4n) is 1.29. The molecular formula is C14H17IO3. The zero-order valence-corrected chi connectivity index (χ0v) is 12.9. The van der Waals surface area contributed by atoms with Crippen LogP contribution in [0.5, 0.6) is 0 Å². The van der Waals surface area contributed by atoms with E-state index in [2.05, 4.69) is 0 Å². The van der Waals surface area contributed by atoms with E-state index in [0.717, 1.165) is 5.56 Å². The Morgan fingerprint density at radius 3 is 2.28 bits per heavy atom. The van der Waals surface area contributed by atoms with Gasteiger partial charge in [-0.3, -0.25) is 9.59 Å². The van der Waals surface area contributed by atoms with Gasteiger partial charge in [0.25, 0.3) is 0 Å². The third-order valence-electron chi connectivity index (χ3n) is 2.40. The minimum absolute atomic E-state index is 0.110. The first kappa shape index (κ1) is 15.1. The number of hydrogen-bond acceptors (Lipinski definition) is 3. The molecule has 18 heavy (non-hydrogen) atoms. The number of carbonyl (C=O) groups is 2. The van der Waals surface area contributed by atoms with Crippen molar-refractivity contribution in [3.63, 3.8) is 0 Å². The number of rotatable bonds is 4. The number of carbonyl (C=O) groups excluding carboxylic acids is 2. The molecule has 0 N–H and O–H groups in total. The average molecular weight is 360 g/mol. The van der Waals surface area contributed by atoms with E-state index in [1.165, 1.54) is 0 Å². The molecule has 1 rings (SSSR count). The topological polar surface area (TPSA) is 43.4 Å². The molecule has 0 aliphatic heterocycles. The van der Waals surface area contributed by atoms with Gasteiger partial charge in [0.2, 0.25) is 0 Å². The lowest BCUT2D eigenvalue weighted by Gasteiger charge is -2.19. The lowest BCUT2D eigenvalue weighted by atomic mass is 9.89. The molecule has 0 saturated carbocycles. The quantitative estimate of drug-likeness (QED) is 0.359. The number of benzene rings is 1. The molecule has 0 aliphatic carbocycles. The van der Waals surface area contributed by atoms with Crippen molar-refractivity contribution in [1.29, 1.82) is 0 Å². The molecule has 1 aromatic rings. The van der Waals surface area contributed by atoms with Crippen LogP contribution in [0.4, 0.5) is 0 Å². The van der Waals surface area contributed by atoms with Gasteiger partial charge in [-0.25, -0.2) is 0 Å². The van der Waals surface area contributed by atoms with Crippen LogP contribution in [0.15, 0.2) is 30.3 Å². The van der Waals surface area contributed by atoms with Gasteiger partial charge in [-0.15, -0.1) is 0 Å². The highest BCUT2D eigenvalue weighted by molar-refractivity contribution is 14.1. The van der Waals surface area contributed by atoms with Gasteiger partial charge in [0.1, 0.15) is 6.61 Å². The summed E-state index contributed by atoms with van der Waals surface area (Å²) < 4.78 is 4.39. The van der Waals surface area contributed by atoms with E-state index in [9.17, 15) is 9.59 Å². The van der Waals surface area contributed by atoms with Crippen LogP contribution in [-0.2, 0) is 20.9 Å². The van der Waals surface area contributed by atoms with Gasteiger partial charge in [0.15, 0.2) is 9.71 Å². The summed E-state index contributed by atoms with van der Waals surface area (Å²) in [6.45, 7) is 5.60. The van der Waals surface area contributed by atoms with Gasteiger partial charge in [0, 0.05) is 5.41 Å². The highest BCUT2D eigenvalue weighted by Gasteiger charge is 2.33. The molecule has 1 aromatic carbocycles. The van der Waals surface area contributed by atoms with Crippen LogP contribution in [0, 0.1) is 5.41 Å². The van der Waals surface area contributed by atoms with Crippen LogP contribution >= 0.6 is 22.6 Å². The number of alkyl halides is 1. The average Bonchev–Trinajstić information content (AvgIpc) is 2.34. The number of ether oxygens (including phenoxy) is 1. The Morgan fingerprint density at radius 1 is 1.22 bits per heavy atom. The largest absolute Gasteiger partial charge is 0.460 e. The molecule has 0 radical (unpaired) electrons. The zero-order valence-electron chi connectivity index (χ0n) is 10.8. The van der Waals surface area contributed by atoms with Crippen LogP contribution in [-0.4, -0.2) is 15.7 Å². The first-order chi connectivity index (χ1) is 8.32. The van der Waals surface area contributed by atoms with E-state index in [4.69, 9.17) is 4.74 Å². The molecule has 0 heterocycles. The van der Waals surface area contributed by atoms with Crippen molar-refractivity contribution < 1.29 is 14.3 Å². The lowest BCUT2D eigenvalue weighted by Crippen LogP contribution is -2.35. The molecule has 0 bridgehead atoms. The summed E-state index contributed by atoms with van der Waals surface area (Å²) in [7, 11) is 0. The maximum absolute atomic E-state index is 11.9. The van der Waals surface area contributed by atoms with Crippen LogP contribution in [0.25, 0.3) is 0 Å². The van der Waals surface area contributed by atoms with E-state index in [-0.39, 0.29) is 12.4 Å². The number of esters is 1. The summed E-state index contributed by atoms with van der Waals surface area (Å²) in [5.74, 6) is -0.583. The molecule has 1 atom stereocenters. The third-order valence-corrected chi connectivity index (χ3v) is 3.47. The summed E-state index contributed by atoms with van der Waals surface area (Å²) >= 11 is 1.84. The minimum atomic E-state index is -0.744. The molecular weight excluding hydrogens is 343 g/mol. The number of halogens is 1. The maximum Gasteiger partial charge on any atom is 0.326 e. The molecule has 4 heteroatoms. The molecule has 0 aliphatic rings. The van der Waals surface area contributed by atoms with Crippen molar-refractivity contribution in [1.82, 2.24) is 0 Å². The Balaban J connectivity index is 2.54. The van der Waals surface area contributed by atoms with Gasteiger partial charge in [-0.1, -0.05) is 73.7 Å². The van der Waals surface area contributed by atoms with E-state index in [1.807, 2.05) is 52.9 Å². The van der Waals surface area contributed by atoms with Gasteiger partial charge in [-0.05, 0) is 5.56 Å². The summed E-state index contributed by atoms with van der Waals surface area (Å²) in [4.78, 5) is 23.7. The Hall–Kier alpha value is -0.910. The Bertz CT molecular complexity index is 420. The molecule has 0 amide bonds. The molecule has 3 nitrogen and oxygen atoms in total. The van der Waals surface area contributed by atoms with E-state index < -0.39 is 15.3 Å². The fourth-order valence-corrected chi connectivity index (χ4v) is 2.40. The molecule has 1 unspecified atom stereocenters. The summed E-state index contributed by atoms with van der Waals surface area (Å²) in [6, 6.07) is 9.41. The van der Waals surface area contributed by atoms with Crippen LogP contribution in [0.3, 0.4) is 0 Å². The van der Waals surface area contributed by atoms with Gasteiger partial charge >= 0.3 is 5.97 Å². The highest BCUT2D eigenvalue weighted by Crippen LogP contribution is 2.22. The second-order valence-corrected chi connectivity index (χ2v) is 6.32. The van der Waals surface area contributed by atoms with Crippen molar-refractivity contribution in [2.24, 2.45) is 5.41 Å². The van der Waals surface area contributed by atoms with Crippen LogP contribution in [0.2, 0.25) is 0 Å². The van der Waals surface area contributed by atoms with Gasteiger partial charge in [0.05, 0.1) is 0 Å². The standard InChI is InChI=1S/C14H17IO3/c1-14(2,3)12(16)11(15)13(17)18-9-10-7-5-4-6-8-10/h4-8,11H,9H2,1-3H3. The summed E-state index contributed by atoms with van der Waals surface area (Å²) in [6.07, 6.45) is 0. The lowest BCUT2D eigenvalue weighted by molar-refractivity contribution is -0.147. The number of Topliss-reactive ketones (excluding diaryl/α,β-unsaturated/α-hetero) is 1. The minimum Gasteiger partial charge on any atom is -0.460 e. The number of ketones is 1. The predicted octanol–water partition coefficient (Wildman–Crippen LogP) is 3.15. The Kier molecular flexibility index (Phi) is 5.31.